The Morgan fingerprint density at radius 3 is 2.35 bits per heavy atom. The number of aryl methyl sites for hydroxylation is 1. The molecule has 0 heterocycles. The van der Waals surface area contributed by atoms with Crippen molar-refractivity contribution in [2.45, 2.75) is 39.2 Å². The van der Waals surface area contributed by atoms with Crippen molar-refractivity contribution in [3.8, 4) is 0 Å². The second-order valence-electron chi connectivity index (χ2n) is 4.86. The topological polar surface area (TPSA) is 49.3 Å². The standard InChI is InChI=1S/C14H21NO2/c1-4-11-5-7-12(8-6-11)13(17)15-14(2,3)9-10-16/h5-8,16H,4,9-10H2,1-3H3,(H,15,17). The molecule has 0 unspecified atom stereocenters. The first kappa shape index (κ1) is 13.7. The van der Waals surface area contributed by atoms with Crippen LogP contribution in [0.4, 0.5) is 0 Å². The quantitative estimate of drug-likeness (QED) is 0.821. The minimum atomic E-state index is -0.380. The van der Waals surface area contributed by atoms with Gasteiger partial charge < -0.3 is 10.4 Å². The second-order valence-corrected chi connectivity index (χ2v) is 4.86. The van der Waals surface area contributed by atoms with E-state index < -0.39 is 0 Å². The lowest BCUT2D eigenvalue weighted by Gasteiger charge is -2.25. The van der Waals surface area contributed by atoms with E-state index in [9.17, 15) is 4.79 Å². The van der Waals surface area contributed by atoms with Gasteiger partial charge in [-0.1, -0.05) is 19.1 Å². The highest BCUT2D eigenvalue weighted by molar-refractivity contribution is 5.94. The first-order valence-electron chi connectivity index (χ1n) is 6.01. The Morgan fingerprint density at radius 2 is 1.88 bits per heavy atom. The molecule has 1 aromatic carbocycles. The van der Waals surface area contributed by atoms with Crippen LogP contribution in [0, 0.1) is 0 Å². The molecule has 0 aliphatic rings. The maximum atomic E-state index is 11.9. The summed E-state index contributed by atoms with van der Waals surface area (Å²) in [6.07, 6.45) is 1.52. The predicted molar refractivity (Wildman–Crippen MR) is 69.1 cm³/mol. The Kier molecular flexibility index (Phi) is 4.70. The molecule has 0 saturated heterocycles. The summed E-state index contributed by atoms with van der Waals surface area (Å²) in [6.45, 7) is 5.96. The summed E-state index contributed by atoms with van der Waals surface area (Å²) in [5, 5.41) is 11.8. The lowest BCUT2D eigenvalue weighted by molar-refractivity contribution is 0.0899. The maximum Gasteiger partial charge on any atom is 0.251 e. The molecule has 0 fully saturated rings. The van der Waals surface area contributed by atoms with Gasteiger partial charge in [-0.2, -0.15) is 0 Å². The number of hydrogen-bond donors (Lipinski definition) is 2. The zero-order valence-electron chi connectivity index (χ0n) is 10.8. The van der Waals surface area contributed by atoms with Gasteiger partial charge in [0.2, 0.25) is 0 Å². The van der Waals surface area contributed by atoms with Gasteiger partial charge in [0.1, 0.15) is 0 Å². The Balaban J connectivity index is 2.69. The van der Waals surface area contributed by atoms with E-state index in [1.54, 1.807) is 0 Å². The number of carbonyl (C=O) groups is 1. The number of aliphatic hydroxyl groups excluding tert-OH is 1. The fourth-order valence-electron chi connectivity index (χ4n) is 1.61. The molecular weight excluding hydrogens is 214 g/mol. The van der Waals surface area contributed by atoms with Crippen molar-refractivity contribution < 1.29 is 9.90 Å². The fraction of sp³-hybridized carbons (Fsp3) is 0.500. The average molecular weight is 235 g/mol. The number of rotatable bonds is 5. The average Bonchev–Trinajstić information content (AvgIpc) is 2.28. The van der Waals surface area contributed by atoms with E-state index in [-0.39, 0.29) is 18.1 Å². The van der Waals surface area contributed by atoms with E-state index in [2.05, 4.69) is 12.2 Å². The molecular formula is C14H21NO2. The number of aliphatic hydroxyl groups is 1. The third-order valence-electron chi connectivity index (χ3n) is 2.81. The predicted octanol–water partition coefficient (Wildman–Crippen LogP) is 2.14. The summed E-state index contributed by atoms with van der Waals surface area (Å²) in [7, 11) is 0. The fourth-order valence-corrected chi connectivity index (χ4v) is 1.61. The van der Waals surface area contributed by atoms with Gasteiger partial charge in [0.15, 0.2) is 0 Å². The number of hydrogen-bond acceptors (Lipinski definition) is 2. The largest absolute Gasteiger partial charge is 0.396 e. The second kappa shape index (κ2) is 5.82. The van der Waals surface area contributed by atoms with Crippen molar-refractivity contribution in [2.75, 3.05) is 6.61 Å². The zero-order valence-corrected chi connectivity index (χ0v) is 10.8. The molecule has 0 spiro atoms. The van der Waals surface area contributed by atoms with Crippen molar-refractivity contribution in [3.05, 3.63) is 35.4 Å². The Hall–Kier alpha value is -1.35. The Morgan fingerprint density at radius 1 is 1.29 bits per heavy atom. The lowest BCUT2D eigenvalue weighted by atomic mass is 10.0. The number of nitrogens with one attached hydrogen (secondary N) is 1. The van der Waals surface area contributed by atoms with Crippen LogP contribution in [0.5, 0.6) is 0 Å². The minimum absolute atomic E-state index is 0.0715. The van der Waals surface area contributed by atoms with Gasteiger partial charge in [-0.05, 0) is 44.4 Å². The van der Waals surface area contributed by atoms with Crippen LogP contribution in [0.1, 0.15) is 43.1 Å². The Bertz CT molecular complexity index is 368. The van der Waals surface area contributed by atoms with Crippen LogP contribution in [-0.2, 0) is 6.42 Å². The molecule has 3 nitrogen and oxygen atoms in total. The molecule has 0 aliphatic carbocycles. The summed E-state index contributed by atoms with van der Waals surface area (Å²) >= 11 is 0. The van der Waals surface area contributed by atoms with E-state index >= 15 is 0 Å². The maximum absolute atomic E-state index is 11.9. The summed E-state index contributed by atoms with van der Waals surface area (Å²) in [5.74, 6) is -0.0916. The molecule has 1 aromatic rings. The summed E-state index contributed by atoms with van der Waals surface area (Å²) in [5.41, 5.74) is 1.50. The van der Waals surface area contributed by atoms with Gasteiger partial charge >= 0.3 is 0 Å². The highest BCUT2D eigenvalue weighted by Gasteiger charge is 2.20. The molecule has 0 aliphatic heterocycles. The number of amides is 1. The Labute approximate surface area is 103 Å². The molecule has 0 atom stereocenters. The zero-order chi connectivity index (χ0) is 12.9. The van der Waals surface area contributed by atoms with Gasteiger partial charge in [0.25, 0.3) is 5.91 Å². The van der Waals surface area contributed by atoms with Gasteiger partial charge in [-0.15, -0.1) is 0 Å². The van der Waals surface area contributed by atoms with Gasteiger partial charge in [-0.25, -0.2) is 0 Å². The lowest BCUT2D eigenvalue weighted by Crippen LogP contribution is -2.44. The molecule has 0 saturated carbocycles. The molecule has 2 N–H and O–H groups in total. The van der Waals surface area contributed by atoms with Crippen LogP contribution in [0.3, 0.4) is 0 Å². The molecule has 94 valence electrons. The summed E-state index contributed by atoms with van der Waals surface area (Å²) < 4.78 is 0. The van der Waals surface area contributed by atoms with Crippen LogP contribution in [0.25, 0.3) is 0 Å². The minimum Gasteiger partial charge on any atom is -0.396 e. The van der Waals surface area contributed by atoms with Crippen molar-refractivity contribution in [1.29, 1.82) is 0 Å². The smallest absolute Gasteiger partial charge is 0.251 e. The van der Waals surface area contributed by atoms with Crippen molar-refractivity contribution in [1.82, 2.24) is 5.32 Å². The SMILES string of the molecule is CCc1ccc(C(=O)NC(C)(C)CCO)cc1. The van der Waals surface area contributed by atoms with Crippen LogP contribution in [0.2, 0.25) is 0 Å². The van der Waals surface area contributed by atoms with E-state index in [4.69, 9.17) is 5.11 Å². The third kappa shape index (κ3) is 4.19. The molecule has 17 heavy (non-hydrogen) atoms. The highest BCUT2D eigenvalue weighted by atomic mass is 16.3. The van der Waals surface area contributed by atoms with Crippen LogP contribution in [-0.4, -0.2) is 23.2 Å². The normalized spacial score (nSPS) is 11.3. The van der Waals surface area contributed by atoms with Crippen molar-refractivity contribution in [2.24, 2.45) is 0 Å². The van der Waals surface area contributed by atoms with Gasteiger partial charge in [0.05, 0.1) is 0 Å². The summed E-state index contributed by atoms with van der Waals surface area (Å²) in [6, 6.07) is 7.61. The molecule has 0 radical (unpaired) electrons. The van der Waals surface area contributed by atoms with Gasteiger partial charge in [0, 0.05) is 17.7 Å². The molecule has 0 aromatic heterocycles. The molecule has 1 amide bonds. The molecule has 0 bridgehead atoms. The summed E-state index contributed by atoms with van der Waals surface area (Å²) in [4.78, 5) is 11.9. The van der Waals surface area contributed by atoms with E-state index in [1.165, 1.54) is 5.56 Å². The first-order valence-corrected chi connectivity index (χ1v) is 6.01. The number of benzene rings is 1. The third-order valence-corrected chi connectivity index (χ3v) is 2.81. The molecule has 1 rings (SSSR count). The highest BCUT2D eigenvalue weighted by Crippen LogP contribution is 2.10. The molecule has 3 heteroatoms. The monoisotopic (exact) mass is 235 g/mol. The van der Waals surface area contributed by atoms with E-state index in [0.29, 0.717) is 12.0 Å². The van der Waals surface area contributed by atoms with Crippen LogP contribution < -0.4 is 5.32 Å². The first-order chi connectivity index (χ1) is 7.98. The van der Waals surface area contributed by atoms with Crippen molar-refractivity contribution in [3.63, 3.8) is 0 Å². The van der Waals surface area contributed by atoms with E-state index in [1.807, 2.05) is 38.1 Å². The van der Waals surface area contributed by atoms with E-state index in [0.717, 1.165) is 6.42 Å². The number of carbonyl (C=O) groups excluding carboxylic acids is 1. The van der Waals surface area contributed by atoms with Crippen molar-refractivity contribution >= 4 is 5.91 Å². The van der Waals surface area contributed by atoms with Crippen LogP contribution in [0.15, 0.2) is 24.3 Å². The van der Waals surface area contributed by atoms with Crippen LogP contribution >= 0.6 is 0 Å². The van der Waals surface area contributed by atoms with Gasteiger partial charge in [-0.3, -0.25) is 4.79 Å².